The molecule has 0 unspecified atom stereocenters. The number of benzene rings is 2. The number of rotatable bonds is 6. The molecule has 0 atom stereocenters. The minimum Gasteiger partial charge on any atom is -0.507 e. The first-order valence-electron chi connectivity index (χ1n) is 8.84. The number of carboxylic acids is 1. The summed E-state index contributed by atoms with van der Waals surface area (Å²) in [5.41, 5.74) is 0.570. The molecule has 1 heterocycles. The molecule has 2 N–H and O–H groups in total. The van der Waals surface area contributed by atoms with Gasteiger partial charge in [0, 0.05) is 31.9 Å². The number of amides is 1. The SMILES string of the molecule is COc1ccc(OCC(=O)N2CCN(c3ccc(O)c(C(=O)O)c3)CC2)cc1. The molecule has 0 aromatic heterocycles. The Morgan fingerprint density at radius 3 is 2.25 bits per heavy atom. The minimum absolute atomic E-state index is 0.0469. The van der Waals surface area contributed by atoms with Gasteiger partial charge in [0.1, 0.15) is 22.8 Å². The molecule has 2 aromatic carbocycles. The predicted molar refractivity (Wildman–Crippen MR) is 102 cm³/mol. The highest BCUT2D eigenvalue weighted by Gasteiger charge is 2.22. The van der Waals surface area contributed by atoms with Gasteiger partial charge in [0.15, 0.2) is 6.61 Å². The number of phenols is 1. The zero-order valence-corrected chi connectivity index (χ0v) is 15.5. The van der Waals surface area contributed by atoms with Crippen LogP contribution in [-0.2, 0) is 4.79 Å². The molecule has 28 heavy (non-hydrogen) atoms. The fourth-order valence-corrected chi connectivity index (χ4v) is 3.01. The van der Waals surface area contributed by atoms with Gasteiger partial charge in [-0.2, -0.15) is 0 Å². The lowest BCUT2D eigenvalue weighted by Gasteiger charge is -2.36. The van der Waals surface area contributed by atoms with E-state index < -0.39 is 5.97 Å². The zero-order chi connectivity index (χ0) is 20.1. The van der Waals surface area contributed by atoms with Gasteiger partial charge in [-0.15, -0.1) is 0 Å². The molecule has 1 aliphatic rings. The fraction of sp³-hybridized carbons (Fsp3) is 0.300. The third-order valence-corrected chi connectivity index (χ3v) is 4.63. The van der Waals surface area contributed by atoms with E-state index in [1.807, 2.05) is 4.90 Å². The Kier molecular flexibility index (Phi) is 5.88. The molecular formula is C20H22N2O6. The largest absolute Gasteiger partial charge is 0.507 e. The molecule has 1 amide bonds. The Morgan fingerprint density at radius 2 is 1.64 bits per heavy atom. The second kappa shape index (κ2) is 8.51. The summed E-state index contributed by atoms with van der Waals surface area (Å²) < 4.78 is 10.6. The van der Waals surface area contributed by atoms with Crippen molar-refractivity contribution in [2.75, 3.05) is 44.8 Å². The van der Waals surface area contributed by atoms with Gasteiger partial charge in [-0.1, -0.05) is 0 Å². The van der Waals surface area contributed by atoms with E-state index in [2.05, 4.69) is 0 Å². The van der Waals surface area contributed by atoms with E-state index in [1.54, 1.807) is 42.3 Å². The van der Waals surface area contributed by atoms with Crippen LogP contribution in [0.15, 0.2) is 42.5 Å². The van der Waals surface area contributed by atoms with Crippen molar-refractivity contribution in [1.29, 1.82) is 0 Å². The van der Waals surface area contributed by atoms with Crippen LogP contribution in [0.2, 0.25) is 0 Å². The van der Waals surface area contributed by atoms with E-state index in [0.717, 1.165) is 5.75 Å². The zero-order valence-electron chi connectivity index (χ0n) is 15.5. The molecule has 0 spiro atoms. The summed E-state index contributed by atoms with van der Waals surface area (Å²) in [5, 5.41) is 18.8. The lowest BCUT2D eigenvalue weighted by Crippen LogP contribution is -2.50. The number of ether oxygens (including phenoxy) is 2. The molecule has 1 fully saturated rings. The summed E-state index contributed by atoms with van der Waals surface area (Å²) >= 11 is 0. The number of hydrogen-bond acceptors (Lipinski definition) is 6. The maximum absolute atomic E-state index is 12.4. The van der Waals surface area contributed by atoms with E-state index in [0.29, 0.717) is 37.6 Å². The van der Waals surface area contributed by atoms with Gasteiger partial charge >= 0.3 is 5.97 Å². The topological polar surface area (TPSA) is 99.5 Å². The van der Waals surface area contributed by atoms with Gasteiger partial charge in [-0.25, -0.2) is 4.79 Å². The van der Waals surface area contributed by atoms with Crippen LogP contribution in [0.25, 0.3) is 0 Å². The van der Waals surface area contributed by atoms with E-state index in [9.17, 15) is 14.7 Å². The Bertz CT molecular complexity index is 844. The van der Waals surface area contributed by atoms with Crippen molar-refractivity contribution in [2.24, 2.45) is 0 Å². The maximum Gasteiger partial charge on any atom is 0.339 e. The molecule has 0 bridgehead atoms. The van der Waals surface area contributed by atoms with Crippen LogP contribution in [0.1, 0.15) is 10.4 Å². The first-order valence-corrected chi connectivity index (χ1v) is 8.84. The van der Waals surface area contributed by atoms with Crippen molar-refractivity contribution >= 4 is 17.6 Å². The van der Waals surface area contributed by atoms with E-state index >= 15 is 0 Å². The Hall–Kier alpha value is -3.42. The van der Waals surface area contributed by atoms with Crippen molar-refractivity contribution in [3.63, 3.8) is 0 Å². The van der Waals surface area contributed by atoms with Crippen LogP contribution >= 0.6 is 0 Å². The average Bonchev–Trinajstić information content (AvgIpc) is 2.72. The van der Waals surface area contributed by atoms with Gasteiger partial charge in [-0.05, 0) is 42.5 Å². The Labute approximate surface area is 162 Å². The molecule has 0 radical (unpaired) electrons. The van der Waals surface area contributed by atoms with Crippen molar-refractivity contribution in [3.8, 4) is 17.2 Å². The predicted octanol–water partition coefficient (Wildman–Crippen LogP) is 1.83. The highest BCUT2D eigenvalue weighted by Crippen LogP contribution is 2.25. The van der Waals surface area contributed by atoms with Crippen LogP contribution in [-0.4, -0.2) is 66.9 Å². The molecule has 8 nitrogen and oxygen atoms in total. The minimum atomic E-state index is -1.18. The molecule has 2 aromatic rings. The van der Waals surface area contributed by atoms with Crippen molar-refractivity contribution in [3.05, 3.63) is 48.0 Å². The molecule has 0 aliphatic carbocycles. The smallest absolute Gasteiger partial charge is 0.339 e. The van der Waals surface area contributed by atoms with Crippen LogP contribution in [0.3, 0.4) is 0 Å². The van der Waals surface area contributed by atoms with E-state index in [-0.39, 0.29) is 23.8 Å². The number of hydrogen-bond donors (Lipinski definition) is 2. The average molecular weight is 386 g/mol. The molecule has 1 aliphatic heterocycles. The second-order valence-corrected chi connectivity index (χ2v) is 6.34. The van der Waals surface area contributed by atoms with Crippen LogP contribution in [0, 0.1) is 0 Å². The molecule has 1 saturated heterocycles. The number of piperazine rings is 1. The molecule has 148 valence electrons. The Morgan fingerprint density at radius 1 is 1.00 bits per heavy atom. The van der Waals surface area contributed by atoms with Gasteiger partial charge < -0.3 is 29.5 Å². The van der Waals surface area contributed by atoms with Gasteiger partial charge in [0.2, 0.25) is 0 Å². The number of aromatic hydroxyl groups is 1. The standard InChI is InChI=1S/C20H22N2O6/c1-27-15-3-5-16(6-4-15)28-13-19(24)22-10-8-21(9-11-22)14-2-7-18(23)17(12-14)20(25)26/h2-7,12,23H,8-11,13H2,1H3,(H,25,26). The number of methoxy groups -OCH3 is 1. The second-order valence-electron chi connectivity index (χ2n) is 6.34. The van der Waals surface area contributed by atoms with Gasteiger partial charge in [-0.3, -0.25) is 4.79 Å². The van der Waals surface area contributed by atoms with Crippen molar-refractivity contribution in [1.82, 2.24) is 4.90 Å². The fourth-order valence-electron chi connectivity index (χ4n) is 3.01. The van der Waals surface area contributed by atoms with E-state index in [1.165, 1.54) is 12.1 Å². The van der Waals surface area contributed by atoms with Crippen LogP contribution in [0.5, 0.6) is 17.2 Å². The number of anilines is 1. The van der Waals surface area contributed by atoms with Crippen LogP contribution < -0.4 is 14.4 Å². The normalized spacial score (nSPS) is 13.9. The van der Waals surface area contributed by atoms with Crippen LogP contribution in [0.4, 0.5) is 5.69 Å². The first kappa shape index (κ1) is 19.3. The van der Waals surface area contributed by atoms with E-state index in [4.69, 9.17) is 14.6 Å². The molecule has 8 heteroatoms. The lowest BCUT2D eigenvalue weighted by atomic mass is 10.1. The molecule has 3 rings (SSSR count). The lowest BCUT2D eigenvalue weighted by molar-refractivity contribution is -0.133. The highest BCUT2D eigenvalue weighted by molar-refractivity contribution is 5.92. The number of carbonyl (C=O) groups is 2. The van der Waals surface area contributed by atoms with Crippen molar-refractivity contribution in [2.45, 2.75) is 0 Å². The van der Waals surface area contributed by atoms with Gasteiger partial charge in [0.05, 0.1) is 7.11 Å². The summed E-state index contributed by atoms with van der Waals surface area (Å²) in [6, 6.07) is 11.5. The highest BCUT2D eigenvalue weighted by atomic mass is 16.5. The summed E-state index contributed by atoms with van der Waals surface area (Å²) in [6.07, 6.45) is 0. The number of nitrogens with zero attached hydrogens (tertiary/aromatic N) is 2. The summed E-state index contributed by atoms with van der Waals surface area (Å²) in [7, 11) is 1.58. The number of carbonyl (C=O) groups excluding carboxylic acids is 1. The summed E-state index contributed by atoms with van der Waals surface area (Å²) in [5.74, 6) is -0.231. The quantitative estimate of drug-likeness (QED) is 0.781. The maximum atomic E-state index is 12.4. The third kappa shape index (κ3) is 4.46. The number of carboxylic acid groups (broad SMARTS) is 1. The molecular weight excluding hydrogens is 364 g/mol. The first-order chi connectivity index (χ1) is 13.5. The summed E-state index contributed by atoms with van der Waals surface area (Å²) in [4.78, 5) is 27.3. The summed E-state index contributed by atoms with van der Waals surface area (Å²) in [6.45, 7) is 2.10. The third-order valence-electron chi connectivity index (χ3n) is 4.63. The monoisotopic (exact) mass is 386 g/mol. The van der Waals surface area contributed by atoms with Crippen molar-refractivity contribution < 1.29 is 29.3 Å². The number of aromatic carboxylic acids is 1. The van der Waals surface area contributed by atoms with Gasteiger partial charge in [0.25, 0.3) is 5.91 Å². The Balaban J connectivity index is 1.52. The molecule has 0 saturated carbocycles.